The Morgan fingerprint density at radius 3 is 2.93 bits per heavy atom. The zero-order chi connectivity index (χ0) is 10.8. The van der Waals surface area contributed by atoms with Gasteiger partial charge in [-0.05, 0) is 37.9 Å². The summed E-state index contributed by atoms with van der Waals surface area (Å²) >= 11 is 4.93. The highest BCUT2D eigenvalue weighted by Gasteiger charge is 2.25. The third-order valence-electron chi connectivity index (χ3n) is 2.57. The Morgan fingerprint density at radius 2 is 2.33 bits per heavy atom. The quantitative estimate of drug-likeness (QED) is 0.548. The number of rotatable bonds is 3. The van der Waals surface area contributed by atoms with Crippen molar-refractivity contribution in [3.8, 4) is 0 Å². The summed E-state index contributed by atoms with van der Waals surface area (Å²) in [6, 6.07) is 0. The van der Waals surface area contributed by atoms with Gasteiger partial charge in [-0.3, -0.25) is 0 Å². The molecule has 1 heterocycles. The van der Waals surface area contributed by atoms with E-state index in [4.69, 9.17) is 17.0 Å². The van der Waals surface area contributed by atoms with Crippen LogP contribution in [0.3, 0.4) is 0 Å². The number of allylic oxidation sites excluding steroid dienone is 1. The van der Waals surface area contributed by atoms with Crippen LogP contribution in [0.1, 0.15) is 19.8 Å². The molecule has 1 aliphatic heterocycles. The summed E-state index contributed by atoms with van der Waals surface area (Å²) in [6.45, 7) is 2.85. The Morgan fingerprint density at radius 1 is 1.60 bits per heavy atom. The molecule has 0 atom stereocenters. The molecule has 5 heteroatoms. The van der Waals surface area contributed by atoms with Crippen molar-refractivity contribution in [2.24, 2.45) is 5.92 Å². The van der Waals surface area contributed by atoms with Crippen molar-refractivity contribution in [2.75, 3.05) is 13.2 Å². The Balaban J connectivity index is 1.92. The maximum Gasteiger partial charge on any atom is 0.337 e. The molecule has 2 aliphatic rings. The first-order valence-corrected chi connectivity index (χ1v) is 5.49. The van der Waals surface area contributed by atoms with Crippen molar-refractivity contribution in [1.29, 1.82) is 0 Å². The second kappa shape index (κ2) is 4.18. The van der Waals surface area contributed by atoms with Crippen molar-refractivity contribution < 1.29 is 9.53 Å². The average molecular weight is 226 g/mol. The Labute approximate surface area is 94.1 Å². The molecule has 0 aromatic rings. The van der Waals surface area contributed by atoms with Crippen molar-refractivity contribution >= 4 is 23.3 Å². The number of hydrogen-bond donors (Lipinski definition) is 2. The first-order chi connectivity index (χ1) is 7.16. The van der Waals surface area contributed by atoms with Crippen LogP contribution in [0.5, 0.6) is 0 Å². The monoisotopic (exact) mass is 226 g/mol. The summed E-state index contributed by atoms with van der Waals surface area (Å²) in [5.41, 5.74) is 1.43. The van der Waals surface area contributed by atoms with Crippen LogP contribution >= 0.6 is 12.2 Å². The van der Waals surface area contributed by atoms with Crippen molar-refractivity contribution in [3.63, 3.8) is 0 Å². The molecule has 2 N–H and O–H groups in total. The maximum absolute atomic E-state index is 11.6. The Bertz CT molecular complexity index is 334. The molecule has 1 saturated carbocycles. The molecule has 15 heavy (non-hydrogen) atoms. The van der Waals surface area contributed by atoms with Gasteiger partial charge in [0.2, 0.25) is 0 Å². The highest BCUT2D eigenvalue weighted by molar-refractivity contribution is 7.80. The fourth-order valence-electron chi connectivity index (χ4n) is 1.38. The summed E-state index contributed by atoms with van der Waals surface area (Å²) in [4.78, 5) is 11.6. The molecular formula is C10H14N2O2S. The second-order valence-corrected chi connectivity index (χ2v) is 4.36. The molecule has 0 spiro atoms. The van der Waals surface area contributed by atoms with E-state index < -0.39 is 0 Å². The highest BCUT2D eigenvalue weighted by Crippen LogP contribution is 2.29. The van der Waals surface area contributed by atoms with E-state index in [0.717, 1.165) is 5.70 Å². The predicted molar refractivity (Wildman–Crippen MR) is 60.1 cm³/mol. The lowest BCUT2D eigenvalue weighted by atomic mass is 10.2. The van der Waals surface area contributed by atoms with Gasteiger partial charge >= 0.3 is 5.97 Å². The third-order valence-corrected chi connectivity index (χ3v) is 2.82. The maximum atomic E-state index is 11.6. The second-order valence-electron chi connectivity index (χ2n) is 3.95. The molecule has 0 saturated heterocycles. The predicted octanol–water partition coefficient (Wildman–Crippen LogP) is 0.691. The minimum absolute atomic E-state index is 0.234. The zero-order valence-corrected chi connectivity index (χ0v) is 9.45. The lowest BCUT2D eigenvalue weighted by Crippen LogP contribution is -2.43. The Kier molecular flexibility index (Phi) is 2.90. The topological polar surface area (TPSA) is 50.4 Å². The van der Waals surface area contributed by atoms with Crippen LogP contribution in [0.4, 0.5) is 0 Å². The average Bonchev–Trinajstić information content (AvgIpc) is 2.97. The molecule has 82 valence electrons. The van der Waals surface area contributed by atoms with Gasteiger partial charge in [0.05, 0.1) is 18.7 Å². The molecule has 2 rings (SSSR count). The molecule has 1 fully saturated rings. The van der Waals surface area contributed by atoms with Gasteiger partial charge in [0, 0.05) is 5.70 Å². The molecular weight excluding hydrogens is 212 g/mol. The van der Waals surface area contributed by atoms with Crippen molar-refractivity contribution in [3.05, 3.63) is 11.3 Å². The van der Waals surface area contributed by atoms with Crippen LogP contribution in [0.2, 0.25) is 0 Å². The van der Waals surface area contributed by atoms with E-state index in [1.54, 1.807) is 0 Å². The minimum Gasteiger partial charge on any atom is -0.462 e. The first kappa shape index (κ1) is 10.4. The van der Waals surface area contributed by atoms with Crippen LogP contribution in [-0.2, 0) is 9.53 Å². The van der Waals surface area contributed by atoms with Gasteiger partial charge in [0.1, 0.15) is 0 Å². The van der Waals surface area contributed by atoms with E-state index in [9.17, 15) is 4.79 Å². The van der Waals surface area contributed by atoms with Gasteiger partial charge in [-0.2, -0.15) is 0 Å². The number of carbonyl (C=O) groups excluding carboxylic acids is 1. The van der Waals surface area contributed by atoms with Gasteiger partial charge in [-0.25, -0.2) is 4.79 Å². The van der Waals surface area contributed by atoms with Gasteiger partial charge < -0.3 is 15.4 Å². The summed E-state index contributed by atoms with van der Waals surface area (Å²) in [7, 11) is 0. The fourth-order valence-corrected chi connectivity index (χ4v) is 1.61. The first-order valence-electron chi connectivity index (χ1n) is 5.08. The normalized spacial score (nSPS) is 20.7. The molecule has 0 radical (unpaired) electrons. The van der Waals surface area contributed by atoms with E-state index >= 15 is 0 Å². The van der Waals surface area contributed by atoms with Crippen LogP contribution in [-0.4, -0.2) is 24.2 Å². The lowest BCUT2D eigenvalue weighted by Gasteiger charge is -2.20. The number of hydrogen-bond acceptors (Lipinski definition) is 3. The highest BCUT2D eigenvalue weighted by atomic mass is 32.1. The molecule has 4 nitrogen and oxygen atoms in total. The number of thiocarbonyl (C=S) groups is 1. The summed E-state index contributed by atoms with van der Waals surface area (Å²) in [5.74, 6) is 0.363. The van der Waals surface area contributed by atoms with E-state index in [1.807, 2.05) is 6.92 Å². The summed E-state index contributed by atoms with van der Waals surface area (Å²) in [5, 5.41) is 6.38. The molecule has 0 amide bonds. The van der Waals surface area contributed by atoms with Gasteiger partial charge in [0.15, 0.2) is 5.11 Å². The number of ether oxygens (including phenoxy) is 1. The van der Waals surface area contributed by atoms with E-state index in [1.165, 1.54) is 12.8 Å². The van der Waals surface area contributed by atoms with Crippen LogP contribution < -0.4 is 10.6 Å². The SMILES string of the molecule is CC1=C(C(=O)OCC2CC2)CNC(=S)N1. The zero-order valence-electron chi connectivity index (χ0n) is 8.63. The van der Waals surface area contributed by atoms with Crippen molar-refractivity contribution in [2.45, 2.75) is 19.8 Å². The van der Waals surface area contributed by atoms with Gasteiger partial charge in [0.25, 0.3) is 0 Å². The van der Waals surface area contributed by atoms with E-state index in [0.29, 0.717) is 29.8 Å². The van der Waals surface area contributed by atoms with Crippen LogP contribution in [0.15, 0.2) is 11.3 Å². The van der Waals surface area contributed by atoms with E-state index in [-0.39, 0.29) is 5.97 Å². The molecule has 0 aromatic carbocycles. The fraction of sp³-hybridized carbons (Fsp3) is 0.600. The van der Waals surface area contributed by atoms with Crippen LogP contribution in [0, 0.1) is 5.92 Å². The standard InChI is InChI=1S/C10H14N2O2S/c1-6-8(4-11-10(15)12-6)9(13)14-5-7-2-3-7/h7H,2-5H2,1H3,(H2,11,12,15). The molecule has 1 aliphatic carbocycles. The third kappa shape index (κ3) is 2.68. The Hall–Kier alpha value is -1.10. The van der Waals surface area contributed by atoms with Crippen molar-refractivity contribution in [1.82, 2.24) is 10.6 Å². The molecule has 0 unspecified atom stereocenters. The number of esters is 1. The molecule has 0 bridgehead atoms. The minimum atomic E-state index is -0.234. The van der Waals surface area contributed by atoms with Gasteiger partial charge in [-0.15, -0.1) is 0 Å². The largest absolute Gasteiger partial charge is 0.462 e. The van der Waals surface area contributed by atoms with E-state index in [2.05, 4.69) is 10.6 Å². The summed E-state index contributed by atoms with van der Waals surface area (Å²) < 4.78 is 5.19. The van der Waals surface area contributed by atoms with Gasteiger partial charge in [-0.1, -0.05) is 0 Å². The smallest absolute Gasteiger partial charge is 0.337 e. The van der Waals surface area contributed by atoms with Crippen LogP contribution in [0.25, 0.3) is 0 Å². The molecule has 0 aromatic heterocycles. The number of nitrogens with one attached hydrogen (secondary N) is 2. The lowest BCUT2D eigenvalue weighted by molar-refractivity contribution is -0.139. The summed E-state index contributed by atoms with van der Waals surface area (Å²) in [6.07, 6.45) is 2.37. The number of carbonyl (C=O) groups is 1.